The van der Waals surface area contributed by atoms with Crippen LogP contribution in [0.4, 0.5) is 26.9 Å². The quantitative estimate of drug-likeness (QED) is 0.0608. The Morgan fingerprint density at radius 1 is 1.06 bits per heavy atom. The molecule has 4 aromatic rings. The van der Waals surface area contributed by atoms with Crippen LogP contribution in [-0.2, 0) is 39.4 Å². The lowest BCUT2D eigenvalue weighted by Crippen LogP contribution is -2.48. The second-order valence-corrected chi connectivity index (χ2v) is 18.7. The molecule has 0 radical (unpaired) electrons. The topological polar surface area (TPSA) is 168 Å². The van der Waals surface area contributed by atoms with Crippen molar-refractivity contribution in [1.29, 1.82) is 0 Å². The summed E-state index contributed by atoms with van der Waals surface area (Å²) in [7, 11) is -3.68. The summed E-state index contributed by atoms with van der Waals surface area (Å²) in [4.78, 5) is 56.5. The molecule has 1 fully saturated rings. The molecular formula is C40H42FN5O7Si. The van der Waals surface area contributed by atoms with Crippen molar-refractivity contribution < 1.29 is 33.3 Å². The summed E-state index contributed by atoms with van der Waals surface area (Å²) in [5.74, 6) is -1.99. The number of nitro groups is 1. The summed E-state index contributed by atoms with van der Waals surface area (Å²) >= 11 is 0. The van der Waals surface area contributed by atoms with Crippen molar-refractivity contribution in [3.05, 3.63) is 129 Å². The van der Waals surface area contributed by atoms with E-state index in [0.29, 0.717) is 34.6 Å². The maximum Gasteiger partial charge on any atom is 0.269 e. The zero-order valence-electron chi connectivity index (χ0n) is 30.2. The van der Waals surface area contributed by atoms with E-state index in [1.165, 1.54) is 36.2 Å². The fraction of sp³-hybridized carbons (Fsp3) is 0.325. The molecule has 280 valence electrons. The number of nitrogens with one attached hydrogen (secondary N) is 1. The average molecular weight is 752 g/mol. The average Bonchev–Trinajstić information content (AvgIpc) is 3.56. The molecule has 3 heterocycles. The van der Waals surface area contributed by atoms with Crippen molar-refractivity contribution in [3.63, 3.8) is 0 Å². The largest absolute Gasteiger partial charge is 0.399 e. The van der Waals surface area contributed by atoms with Crippen LogP contribution in [0.1, 0.15) is 46.0 Å². The molecule has 0 saturated carbocycles. The fourth-order valence-corrected chi connectivity index (χ4v) is 11.1. The van der Waals surface area contributed by atoms with Gasteiger partial charge in [0.05, 0.1) is 42.3 Å². The number of nitrogens with zero attached hydrogens (tertiary/aromatic N) is 3. The van der Waals surface area contributed by atoms with Crippen LogP contribution in [0.15, 0.2) is 91.0 Å². The van der Waals surface area contributed by atoms with Crippen molar-refractivity contribution >= 4 is 48.9 Å². The minimum absolute atomic E-state index is 0.0170. The van der Waals surface area contributed by atoms with E-state index in [1.807, 2.05) is 24.3 Å². The number of aliphatic hydroxyl groups is 1. The zero-order chi connectivity index (χ0) is 38.5. The first kappa shape index (κ1) is 36.9. The number of amides is 3. The van der Waals surface area contributed by atoms with Crippen LogP contribution in [0.3, 0.4) is 0 Å². The summed E-state index contributed by atoms with van der Waals surface area (Å²) in [5.41, 5.74) is 7.58. The summed E-state index contributed by atoms with van der Waals surface area (Å²) in [6.07, 6.45) is -0.782. The molecule has 1 spiro atoms. The van der Waals surface area contributed by atoms with Gasteiger partial charge in [-0.25, -0.2) is 0 Å². The number of anilines is 3. The van der Waals surface area contributed by atoms with Crippen LogP contribution < -0.4 is 16.0 Å². The van der Waals surface area contributed by atoms with Crippen molar-refractivity contribution in [2.24, 2.45) is 5.92 Å². The minimum Gasteiger partial charge on any atom is -0.399 e. The van der Waals surface area contributed by atoms with Gasteiger partial charge in [0, 0.05) is 52.6 Å². The number of ether oxygens (including phenoxy) is 1. The van der Waals surface area contributed by atoms with Gasteiger partial charge >= 0.3 is 0 Å². The number of carbonyl (C=O) groups is 3. The number of nitrogen functional groups attached to an aromatic ring is 1. The van der Waals surface area contributed by atoms with Gasteiger partial charge in [0.15, 0.2) is 5.60 Å². The maximum absolute atomic E-state index is 16.5. The fourth-order valence-electron chi connectivity index (χ4n) is 8.61. The molecule has 1 saturated heterocycles. The molecule has 3 aliphatic heterocycles. The van der Waals surface area contributed by atoms with E-state index in [0.717, 1.165) is 11.1 Å². The molecule has 3 amide bonds. The normalized spacial score (nSPS) is 23.3. The summed E-state index contributed by atoms with van der Waals surface area (Å²) in [6.45, 7) is 4.82. The van der Waals surface area contributed by atoms with Crippen LogP contribution in [-0.4, -0.2) is 59.8 Å². The van der Waals surface area contributed by atoms with Crippen LogP contribution >= 0.6 is 0 Å². The van der Waals surface area contributed by atoms with Crippen molar-refractivity contribution in [1.82, 2.24) is 4.90 Å². The van der Waals surface area contributed by atoms with E-state index >= 15 is 4.11 Å². The Kier molecular flexibility index (Phi) is 9.62. The Labute approximate surface area is 313 Å². The van der Waals surface area contributed by atoms with Gasteiger partial charge in [-0.2, -0.15) is 0 Å². The number of non-ortho nitro benzene ring substituents is 1. The Bertz CT molecular complexity index is 2140. The summed E-state index contributed by atoms with van der Waals surface area (Å²) in [5, 5.41) is 25.2. The smallest absolute Gasteiger partial charge is 0.269 e. The van der Waals surface area contributed by atoms with Gasteiger partial charge in [-0.3, -0.25) is 24.5 Å². The second-order valence-electron chi connectivity index (χ2n) is 14.9. The lowest BCUT2D eigenvalue weighted by molar-refractivity contribution is -0.385. The number of hydrogen-bond acceptors (Lipinski definition) is 8. The first-order valence-corrected chi connectivity index (χ1v) is 20.9. The SMILES string of the molecule is C[C@@H]1[C@@H]([Si](C)(C)F)[C@H](CC(=O)N2Cc3ccccc3C[C@H]2CO)O[C@@]12C(=O)N(Cc1cccc(NC(=O)c3ccc(N)cc3)c1)c1ccc([N+](=O)[O-])cc12. The molecule has 0 bridgehead atoms. The number of rotatable bonds is 9. The van der Waals surface area contributed by atoms with E-state index in [1.54, 1.807) is 60.4 Å². The standard InChI is InChI=1S/C40H42FN5O7Si/c1-24-37(54(2,3)41)35(20-36(48)44-22-28-9-5-4-8-27(28)18-32(44)23-47)53-40(24)33-19-31(46(51)52)15-16-34(33)45(39(40)50)21-25-7-6-10-30(17-25)43-38(49)26-11-13-29(42)14-12-26/h4-17,19,24,32,35,37,47H,18,20-23,42H2,1-3H3,(H,43,49)/t24-,32+,35+,37-,40+/m1/s1. The molecule has 0 aliphatic carbocycles. The Balaban J connectivity index is 1.21. The minimum atomic E-state index is -3.68. The van der Waals surface area contributed by atoms with E-state index < -0.39 is 48.4 Å². The second kappa shape index (κ2) is 14.1. The number of nitrogens with two attached hydrogens (primary N) is 1. The van der Waals surface area contributed by atoms with E-state index in [-0.39, 0.29) is 49.2 Å². The van der Waals surface area contributed by atoms with E-state index in [9.17, 15) is 29.6 Å². The van der Waals surface area contributed by atoms with Gasteiger partial charge in [0.2, 0.25) is 14.3 Å². The van der Waals surface area contributed by atoms with Crippen molar-refractivity contribution in [3.8, 4) is 0 Å². The van der Waals surface area contributed by atoms with Gasteiger partial charge in [0.25, 0.3) is 17.5 Å². The lowest BCUT2D eigenvalue weighted by atomic mass is 9.82. The molecule has 14 heteroatoms. The Morgan fingerprint density at radius 2 is 1.78 bits per heavy atom. The van der Waals surface area contributed by atoms with Crippen LogP contribution in [0.25, 0.3) is 0 Å². The molecule has 0 aromatic heterocycles. The van der Waals surface area contributed by atoms with E-state index in [2.05, 4.69) is 5.32 Å². The third-order valence-corrected chi connectivity index (χ3v) is 13.6. The number of nitro benzene ring substituents is 1. The molecule has 4 aromatic carbocycles. The first-order chi connectivity index (χ1) is 25.7. The monoisotopic (exact) mass is 751 g/mol. The molecule has 54 heavy (non-hydrogen) atoms. The van der Waals surface area contributed by atoms with Crippen LogP contribution in [0.2, 0.25) is 18.6 Å². The highest BCUT2D eigenvalue weighted by Crippen LogP contribution is 2.60. The van der Waals surface area contributed by atoms with Gasteiger partial charge in [0.1, 0.15) is 0 Å². The van der Waals surface area contributed by atoms with Crippen LogP contribution in [0, 0.1) is 16.0 Å². The molecule has 4 N–H and O–H groups in total. The van der Waals surface area contributed by atoms with Gasteiger partial charge in [-0.1, -0.05) is 43.3 Å². The highest BCUT2D eigenvalue weighted by Gasteiger charge is 2.67. The van der Waals surface area contributed by atoms with Crippen molar-refractivity contribution in [2.75, 3.05) is 22.6 Å². The number of carbonyl (C=O) groups excluding carboxylic acids is 3. The number of fused-ring (bicyclic) bond motifs is 3. The lowest BCUT2D eigenvalue weighted by Gasteiger charge is -2.37. The molecule has 12 nitrogen and oxygen atoms in total. The molecule has 5 atom stereocenters. The van der Waals surface area contributed by atoms with Gasteiger partial charge < -0.3 is 34.8 Å². The first-order valence-electron chi connectivity index (χ1n) is 17.9. The zero-order valence-corrected chi connectivity index (χ0v) is 31.2. The van der Waals surface area contributed by atoms with Crippen LogP contribution in [0.5, 0.6) is 0 Å². The predicted molar refractivity (Wildman–Crippen MR) is 204 cm³/mol. The van der Waals surface area contributed by atoms with Gasteiger partial charge in [-0.05, 0) is 78.7 Å². The number of benzene rings is 4. The third kappa shape index (κ3) is 6.54. The predicted octanol–water partition coefficient (Wildman–Crippen LogP) is 6.09. The summed E-state index contributed by atoms with van der Waals surface area (Å²) < 4.78 is 23.3. The summed E-state index contributed by atoms with van der Waals surface area (Å²) in [6, 6.07) is 24.8. The van der Waals surface area contributed by atoms with E-state index in [4.69, 9.17) is 10.5 Å². The number of hydrogen-bond donors (Lipinski definition) is 3. The molecule has 7 rings (SSSR count). The molecule has 3 aliphatic rings. The Hall–Kier alpha value is -5.44. The maximum atomic E-state index is 16.5. The van der Waals surface area contributed by atoms with Crippen molar-refractivity contribution in [2.45, 2.75) is 69.2 Å². The Morgan fingerprint density at radius 3 is 2.46 bits per heavy atom. The third-order valence-electron chi connectivity index (χ3n) is 11.1. The molecule has 0 unspecified atom stereocenters. The number of halogens is 1. The highest BCUT2D eigenvalue weighted by atomic mass is 28.4. The highest BCUT2D eigenvalue weighted by molar-refractivity contribution is 6.72. The van der Waals surface area contributed by atoms with Gasteiger partial charge in [-0.15, -0.1) is 0 Å². The number of aliphatic hydroxyl groups excluding tert-OH is 1. The molecular weight excluding hydrogens is 710 g/mol.